The van der Waals surface area contributed by atoms with Gasteiger partial charge < -0.3 is 4.90 Å². The van der Waals surface area contributed by atoms with Crippen LogP contribution >= 0.6 is 0 Å². The first kappa shape index (κ1) is 14.2. The normalized spacial score (nSPS) is 26.1. The first-order chi connectivity index (χ1) is 11.7. The number of nitrogens with zero attached hydrogens (tertiary/aromatic N) is 3. The number of aromatic nitrogens is 2. The Kier molecular flexibility index (Phi) is 3.05. The van der Waals surface area contributed by atoms with Crippen LogP contribution in [0, 0.1) is 5.92 Å². The summed E-state index contributed by atoms with van der Waals surface area (Å²) in [5, 5.41) is 0.677. The first-order valence-corrected chi connectivity index (χ1v) is 9.03. The molecule has 0 N–H and O–H groups in total. The summed E-state index contributed by atoms with van der Waals surface area (Å²) in [5.74, 6) is 1.38. The first-order valence-electron chi connectivity index (χ1n) is 9.03. The van der Waals surface area contributed by atoms with Crippen LogP contribution in [0.1, 0.15) is 37.9 Å². The molecule has 5 nitrogen and oxygen atoms in total. The zero-order valence-corrected chi connectivity index (χ0v) is 13.6. The van der Waals surface area contributed by atoms with Gasteiger partial charge in [0.1, 0.15) is 5.82 Å². The van der Waals surface area contributed by atoms with E-state index in [1.165, 1.54) is 6.42 Å². The molecule has 5 heteroatoms. The van der Waals surface area contributed by atoms with Gasteiger partial charge in [-0.15, -0.1) is 0 Å². The molecule has 1 aliphatic carbocycles. The standard InChI is InChI=1S/C19H21N3O2/c23-18(12-4-3-5-12)22-13-8-9-14(22)11-21-17(10-13)20-16-7-2-1-6-15(16)19(21)24/h1-2,6-7,12-14H,3-5,8-11H2/t13-,14+/m0/s1. The molecular formula is C19H21N3O2. The summed E-state index contributed by atoms with van der Waals surface area (Å²) in [6.45, 7) is 0.598. The molecule has 1 saturated heterocycles. The van der Waals surface area contributed by atoms with Crippen LogP contribution in [-0.2, 0) is 17.8 Å². The fraction of sp³-hybridized carbons (Fsp3) is 0.526. The van der Waals surface area contributed by atoms with Crippen LogP contribution < -0.4 is 5.56 Å². The lowest BCUT2D eigenvalue weighted by Gasteiger charge is -2.35. The fourth-order valence-electron chi connectivity index (χ4n) is 4.55. The van der Waals surface area contributed by atoms with E-state index < -0.39 is 0 Å². The molecule has 1 aromatic carbocycles. The summed E-state index contributed by atoms with van der Waals surface area (Å²) in [6, 6.07) is 7.92. The molecular weight excluding hydrogens is 302 g/mol. The van der Waals surface area contributed by atoms with E-state index in [9.17, 15) is 9.59 Å². The van der Waals surface area contributed by atoms with Crippen LogP contribution in [0.15, 0.2) is 29.1 Å². The SMILES string of the molecule is O=C(C1CCC1)N1[C@@H]2CC[C@H]1Cc1nc3ccccc3c(=O)n1C2. The number of hydrogen-bond acceptors (Lipinski definition) is 3. The zero-order chi connectivity index (χ0) is 16.3. The van der Waals surface area contributed by atoms with Crippen molar-refractivity contribution in [3.05, 3.63) is 40.4 Å². The third kappa shape index (κ3) is 1.96. The predicted molar refractivity (Wildman–Crippen MR) is 90.7 cm³/mol. The van der Waals surface area contributed by atoms with Crippen molar-refractivity contribution in [1.82, 2.24) is 14.5 Å². The molecule has 1 amide bonds. The van der Waals surface area contributed by atoms with Crippen molar-refractivity contribution in [2.45, 2.75) is 57.2 Å². The quantitative estimate of drug-likeness (QED) is 0.808. The number of hydrogen-bond donors (Lipinski definition) is 0. The van der Waals surface area contributed by atoms with E-state index in [1.807, 2.05) is 28.8 Å². The minimum absolute atomic E-state index is 0.0409. The minimum atomic E-state index is 0.0409. The largest absolute Gasteiger partial charge is 0.334 e. The third-order valence-corrected chi connectivity index (χ3v) is 6.08. The summed E-state index contributed by atoms with van der Waals surface area (Å²) in [7, 11) is 0. The lowest BCUT2D eigenvalue weighted by Crippen LogP contribution is -2.46. The molecule has 2 fully saturated rings. The van der Waals surface area contributed by atoms with Gasteiger partial charge in [-0.2, -0.15) is 0 Å². The van der Waals surface area contributed by atoms with Crippen LogP contribution in [0.2, 0.25) is 0 Å². The highest BCUT2D eigenvalue weighted by Gasteiger charge is 2.43. The molecule has 2 aliphatic heterocycles. The molecule has 2 atom stereocenters. The number of amides is 1. The maximum atomic E-state index is 12.9. The van der Waals surface area contributed by atoms with Gasteiger partial charge in [-0.05, 0) is 37.8 Å². The lowest BCUT2D eigenvalue weighted by molar-refractivity contribution is -0.141. The van der Waals surface area contributed by atoms with Crippen molar-refractivity contribution in [2.24, 2.45) is 5.92 Å². The van der Waals surface area contributed by atoms with E-state index in [0.717, 1.165) is 37.0 Å². The molecule has 1 saturated carbocycles. The van der Waals surface area contributed by atoms with E-state index >= 15 is 0 Å². The van der Waals surface area contributed by atoms with Crippen molar-refractivity contribution in [3.63, 3.8) is 0 Å². The van der Waals surface area contributed by atoms with Gasteiger partial charge in [0.2, 0.25) is 5.91 Å². The van der Waals surface area contributed by atoms with Gasteiger partial charge in [-0.3, -0.25) is 14.2 Å². The van der Waals surface area contributed by atoms with Gasteiger partial charge in [-0.25, -0.2) is 4.98 Å². The van der Waals surface area contributed by atoms with Crippen molar-refractivity contribution >= 4 is 16.8 Å². The Balaban J connectivity index is 1.58. The van der Waals surface area contributed by atoms with Crippen LogP contribution in [0.4, 0.5) is 0 Å². The van der Waals surface area contributed by atoms with Crippen molar-refractivity contribution < 1.29 is 4.79 Å². The highest BCUT2D eigenvalue weighted by atomic mass is 16.2. The fourth-order valence-corrected chi connectivity index (χ4v) is 4.55. The molecule has 2 bridgehead atoms. The number of rotatable bonds is 1. The van der Waals surface area contributed by atoms with Gasteiger partial charge in [0, 0.05) is 24.9 Å². The van der Waals surface area contributed by atoms with Crippen molar-refractivity contribution in [1.29, 1.82) is 0 Å². The van der Waals surface area contributed by atoms with E-state index in [0.29, 0.717) is 24.3 Å². The molecule has 2 aromatic rings. The van der Waals surface area contributed by atoms with Gasteiger partial charge in [-0.1, -0.05) is 18.6 Å². The summed E-state index contributed by atoms with van der Waals surface area (Å²) < 4.78 is 1.83. The van der Waals surface area contributed by atoms with Crippen molar-refractivity contribution in [2.75, 3.05) is 0 Å². The number of carbonyl (C=O) groups is 1. The lowest BCUT2D eigenvalue weighted by atomic mass is 9.84. The molecule has 124 valence electrons. The van der Waals surface area contributed by atoms with Crippen LogP contribution in [-0.4, -0.2) is 32.4 Å². The second kappa shape index (κ2) is 5.16. The number of para-hydroxylation sites is 1. The number of carbonyl (C=O) groups excluding carboxylic acids is 1. The molecule has 1 aromatic heterocycles. The van der Waals surface area contributed by atoms with Gasteiger partial charge in [0.05, 0.1) is 16.9 Å². The number of benzene rings is 1. The summed E-state index contributed by atoms with van der Waals surface area (Å²) in [5.41, 5.74) is 0.808. The monoisotopic (exact) mass is 323 g/mol. The molecule has 3 aliphatic rings. The Morgan fingerprint density at radius 2 is 1.88 bits per heavy atom. The van der Waals surface area contributed by atoms with Gasteiger partial charge in [0.25, 0.3) is 5.56 Å². The molecule has 3 heterocycles. The van der Waals surface area contributed by atoms with Crippen LogP contribution in [0.5, 0.6) is 0 Å². The van der Waals surface area contributed by atoms with Crippen molar-refractivity contribution in [3.8, 4) is 0 Å². The van der Waals surface area contributed by atoms with Crippen LogP contribution in [0.25, 0.3) is 10.9 Å². The predicted octanol–water partition coefficient (Wildman–Crippen LogP) is 2.11. The Labute approximate surface area is 140 Å². The Hall–Kier alpha value is -2.17. The van der Waals surface area contributed by atoms with Crippen LogP contribution in [0.3, 0.4) is 0 Å². The average molecular weight is 323 g/mol. The second-order valence-electron chi connectivity index (χ2n) is 7.42. The summed E-state index contributed by atoms with van der Waals surface area (Å²) in [4.78, 5) is 32.6. The Morgan fingerprint density at radius 1 is 1.08 bits per heavy atom. The highest BCUT2D eigenvalue weighted by molar-refractivity contribution is 5.81. The molecule has 5 rings (SSSR count). The number of fused-ring (bicyclic) bond motifs is 4. The molecule has 0 spiro atoms. The Morgan fingerprint density at radius 3 is 2.67 bits per heavy atom. The molecule has 0 radical (unpaired) electrons. The zero-order valence-electron chi connectivity index (χ0n) is 13.6. The average Bonchev–Trinajstić information content (AvgIpc) is 2.82. The van der Waals surface area contributed by atoms with E-state index in [4.69, 9.17) is 4.98 Å². The maximum Gasteiger partial charge on any atom is 0.261 e. The van der Waals surface area contributed by atoms with E-state index in [-0.39, 0.29) is 23.6 Å². The van der Waals surface area contributed by atoms with Gasteiger partial charge >= 0.3 is 0 Å². The topological polar surface area (TPSA) is 55.2 Å². The highest BCUT2D eigenvalue weighted by Crippen LogP contribution is 2.36. The molecule has 0 unspecified atom stereocenters. The van der Waals surface area contributed by atoms with E-state index in [1.54, 1.807) is 0 Å². The maximum absolute atomic E-state index is 12.9. The molecule has 24 heavy (non-hydrogen) atoms. The Bertz CT molecular complexity index is 884. The third-order valence-electron chi connectivity index (χ3n) is 6.08. The summed E-state index contributed by atoms with van der Waals surface area (Å²) in [6.07, 6.45) is 5.97. The van der Waals surface area contributed by atoms with Gasteiger partial charge in [0.15, 0.2) is 0 Å². The minimum Gasteiger partial charge on any atom is -0.334 e. The van der Waals surface area contributed by atoms with E-state index in [2.05, 4.69) is 4.90 Å². The second-order valence-corrected chi connectivity index (χ2v) is 7.42. The smallest absolute Gasteiger partial charge is 0.261 e. The summed E-state index contributed by atoms with van der Waals surface area (Å²) >= 11 is 0.